The van der Waals surface area contributed by atoms with E-state index in [4.69, 9.17) is 0 Å². The van der Waals surface area contributed by atoms with Crippen LogP contribution in [-0.2, 0) is 4.79 Å². The zero-order chi connectivity index (χ0) is 15.5. The number of thioether (sulfide) groups is 1. The summed E-state index contributed by atoms with van der Waals surface area (Å²) in [7, 11) is 1.68. The second kappa shape index (κ2) is 6.57. The molecule has 0 N–H and O–H groups in total. The zero-order valence-corrected chi connectivity index (χ0v) is 13.4. The van der Waals surface area contributed by atoms with E-state index in [2.05, 4.69) is 0 Å². The summed E-state index contributed by atoms with van der Waals surface area (Å²) >= 11 is 1.56. The van der Waals surface area contributed by atoms with Crippen molar-refractivity contribution >= 4 is 17.7 Å². The molecule has 0 saturated carbocycles. The molecule has 112 valence electrons. The van der Waals surface area contributed by atoms with Gasteiger partial charge in [0, 0.05) is 11.8 Å². The molecule has 0 aliphatic heterocycles. The van der Waals surface area contributed by atoms with Gasteiger partial charge in [-0.25, -0.2) is 8.78 Å². The number of rotatable bonds is 4. The van der Waals surface area contributed by atoms with Crippen LogP contribution in [0.4, 0.5) is 8.78 Å². The van der Waals surface area contributed by atoms with Gasteiger partial charge in [0.15, 0.2) is 11.6 Å². The summed E-state index contributed by atoms with van der Waals surface area (Å²) < 4.78 is 26.2. The number of hydrogen-bond acceptors (Lipinski definition) is 2. The van der Waals surface area contributed by atoms with Crippen molar-refractivity contribution in [1.29, 1.82) is 0 Å². The molecule has 0 spiro atoms. The van der Waals surface area contributed by atoms with Crippen LogP contribution >= 0.6 is 11.8 Å². The van der Waals surface area contributed by atoms with Gasteiger partial charge in [0.25, 0.3) is 0 Å². The van der Waals surface area contributed by atoms with Gasteiger partial charge in [-0.05, 0) is 24.6 Å². The molecule has 1 aromatic rings. The van der Waals surface area contributed by atoms with Gasteiger partial charge < -0.3 is 4.90 Å². The van der Waals surface area contributed by atoms with Crippen LogP contribution in [0.2, 0.25) is 0 Å². The molecule has 0 aliphatic carbocycles. The van der Waals surface area contributed by atoms with E-state index >= 15 is 0 Å². The summed E-state index contributed by atoms with van der Waals surface area (Å²) in [4.78, 5) is 13.7. The second-order valence-corrected chi connectivity index (χ2v) is 7.56. The van der Waals surface area contributed by atoms with E-state index in [0.717, 1.165) is 12.1 Å². The Hall–Kier alpha value is -1.10. The van der Waals surface area contributed by atoms with Gasteiger partial charge in [0.05, 0.1) is 11.8 Å². The molecule has 0 fully saturated rings. The number of amides is 1. The Bertz CT molecular complexity index is 485. The molecule has 0 bridgehead atoms. The van der Waals surface area contributed by atoms with Crippen molar-refractivity contribution in [3.8, 4) is 0 Å². The van der Waals surface area contributed by atoms with E-state index in [9.17, 15) is 13.6 Å². The van der Waals surface area contributed by atoms with Crippen molar-refractivity contribution in [2.24, 2.45) is 0 Å². The van der Waals surface area contributed by atoms with E-state index in [1.165, 1.54) is 6.07 Å². The highest BCUT2D eigenvalue weighted by molar-refractivity contribution is 8.01. The maximum Gasteiger partial charge on any atom is 0.232 e. The lowest BCUT2D eigenvalue weighted by Crippen LogP contribution is -2.32. The van der Waals surface area contributed by atoms with Crippen LogP contribution in [0.1, 0.15) is 39.3 Å². The lowest BCUT2D eigenvalue weighted by molar-refractivity contribution is -0.128. The van der Waals surface area contributed by atoms with E-state index in [1.807, 2.05) is 20.8 Å². The number of benzene rings is 1. The number of carbonyl (C=O) groups excluding carboxylic acids is 1. The fraction of sp³-hybridized carbons (Fsp3) is 0.533. The number of carbonyl (C=O) groups is 1. The minimum absolute atomic E-state index is 0.0156. The van der Waals surface area contributed by atoms with Crippen molar-refractivity contribution in [2.45, 2.75) is 38.5 Å². The van der Waals surface area contributed by atoms with Crippen LogP contribution in [-0.4, -0.2) is 28.4 Å². The second-order valence-electron chi connectivity index (χ2n) is 5.76. The van der Waals surface area contributed by atoms with E-state index < -0.39 is 11.6 Å². The number of nitrogens with zero attached hydrogens (tertiary/aromatic N) is 1. The lowest BCUT2D eigenvalue weighted by Gasteiger charge is -2.27. The molecule has 0 aliphatic rings. The molecule has 2 nitrogen and oxygen atoms in total. The summed E-state index contributed by atoms with van der Waals surface area (Å²) in [5, 5.41) is 0. The van der Waals surface area contributed by atoms with Gasteiger partial charge in [-0.15, -0.1) is 11.8 Å². The molecule has 1 unspecified atom stereocenters. The fourth-order valence-electron chi connectivity index (χ4n) is 1.59. The fourth-order valence-corrected chi connectivity index (χ4v) is 2.35. The average Bonchev–Trinajstić information content (AvgIpc) is 2.36. The Kier molecular flexibility index (Phi) is 5.57. The van der Waals surface area contributed by atoms with Gasteiger partial charge >= 0.3 is 0 Å². The molecular weight excluding hydrogens is 280 g/mol. The first-order valence-electron chi connectivity index (χ1n) is 6.46. The first-order chi connectivity index (χ1) is 9.11. The van der Waals surface area contributed by atoms with Gasteiger partial charge in [-0.1, -0.05) is 26.8 Å². The molecule has 0 heterocycles. The van der Waals surface area contributed by atoms with Crippen molar-refractivity contribution in [1.82, 2.24) is 4.90 Å². The van der Waals surface area contributed by atoms with E-state index in [0.29, 0.717) is 11.3 Å². The molecule has 0 saturated heterocycles. The smallest absolute Gasteiger partial charge is 0.232 e. The summed E-state index contributed by atoms with van der Waals surface area (Å²) in [5.74, 6) is -1.42. The van der Waals surface area contributed by atoms with Crippen molar-refractivity contribution in [3.63, 3.8) is 0 Å². The molecule has 0 aromatic heterocycles. The Labute approximate surface area is 123 Å². The highest BCUT2D eigenvalue weighted by atomic mass is 32.2. The van der Waals surface area contributed by atoms with Gasteiger partial charge in [-0.2, -0.15) is 0 Å². The standard InChI is InChI=1S/C15H21F2NOS/c1-10(11-6-7-12(16)13(17)8-11)18(5)14(19)9-20-15(2,3)4/h6-8,10H,9H2,1-5H3. The predicted molar refractivity (Wildman–Crippen MR) is 79.8 cm³/mol. The van der Waals surface area contributed by atoms with Crippen LogP contribution in [0.3, 0.4) is 0 Å². The molecule has 0 radical (unpaired) electrons. The zero-order valence-electron chi connectivity index (χ0n) is 12.5. The van der Waals surface area contributed by atoms with Crippen LogP contribution in [0.5, 0.6) is 0 Å². The Morgan fingerprint density at radius 1 is 1.30 bits per heavy atom. The first kappa shape index (κ1) is 17.0. The van der Waals surface area contributed by atoms with E-state index in [-0.39, 0.29) is 16.7 Å². The summed E-state index contributed by atoms with van der Waals surface area (Å²) in [5.41, 5.74) is 0.584. The molecule has 1 aromatic carbocycles. The lowest BCUT2D eigenvalue weighted by atomic mass is 10.1. The summed E-state index contributed by atoms with van der Waals surface area (Å²) in [6.45, 7) is 7.93. The number of hydrogen-bond donors (Lipinski definition) is 0. The van der Waals surface area contributed by atoms with Gasteiger partial charge in [0.2, 0.25) is 5.91 Å². The number of halogens is 2. The van der Waals surface area contributed by atoms with Gasteiger partial charge in [-0.3, -0.25) is 4.79 Å². The third-order valence-electron chi connectivity index (χ3n) is 3.03. The van der Waals surface area contributed by atoms with E-state index in [1.54, 1.807) is 30.6 Å². The van der Waals surface area contributed by atoms with Crippen LogP contribution in [0, 0.1) is 11.6 Å². The van der Waals surface area contributed by atoms with Crippen LogP contribution in [0.15, 0.2) is 18.2 Å². The maximum absolute atomic E-state index is 13.2. The average molecular weight is 301 g/mol. The minimum atomic E-state index is -0.890. The highest BCUT2D eigenvalue weighted by Crippen LogP contribution is 2.25. The quantitative estimate of drug-likeness (QED) is 0.837. The molecule has 1 atom stereocenters. The third-order valence-corrected chi connectivity index (χ3v) is 4.29. The van der Waals surface area contributed by atoms with Crippen molar-refractivity contribution in [2.75, 3.05) is 12.8 Å². The Morgan fingerprint density at radius 2 is 1.90 bits per heavy atom. The maximum atomic E-state index is 13.2. The largest absolute Gasteiger partial charge is 0.338 e. The molecule has 1 rings (SSSR count). The van der Waals surface area contributed by atoms with Crippen molar-refractivity contribution < 1.29 is 13.6 Å². The SMILES string of the molecule is CC(c1ccc(F)c(F)c1)N(C)C(=O)CSC(C)(C)C. The minimum Gasteiger partial charge on any atom is -0.338 e. The normalized spacial score (nSPS) is 13.2. The molecular formula is C15H21F2NOS. The summed E-state index contributed by atoms with van der Waals surface area (Å²) in [6, 6.07) is 3.44. The van der Waals surface area contributed by atoms with Crippen LogP contribution < -0.4 is 0 Å². The summed E-state index contributed by atoms with van der Waals surface area (Å²) in [6.07, 6.45) is 0. The Balaban J connectivity index is 2.72. The molecule has 20 heavy (non-hydrogen) atoms. The van der Waals surface area contributed by atoms with Crippen LogP contribution in [0.25, 0.3) is 0 Å². The third kappa shape index (κ3) is 4.78. The van der Waals surface area contributed by atoms with Crippen molar-refractivity contribution in [3.05, 3.63) is 35.4 Å². The molecule has 1 amide bonds. The predicted octanol–water partition coefficient (Wildman–Crippen LogP) is 4.02. The molecule has 5 heteroatoms. The monoisotopic (exact) mass is 301 g/mol. The highest BCUT2D eigenvalue weighted by Gasteiger charge is 2.21. The van der Waals surface area contributed by atoms with Gasteiger partial charge in [0.1, 0.15) is 0 Å². The Morgan fingerprint density at radius 3 is 2.40 bits per heavy atom. The first-order valence-corrected chi connectivity index (χ1v) is 7.45. The topological polar surface area (TPSA) is 20.3 Å².